The zero-order valence-electron chi connectivity index (χ0n) is 9.82. The van der Waals surface area contributed by atoms with Gasteiger partial charge in [0.15, 0.2) is 5.82 Å². The second-order valence-corrected chi connectivity index (χ2v) is 5.39. The fourth-order valence-electron chi connectivity index (χ4n) is 3.15. The summed E-state index contributed by atoms with van der Waals surface area (Å²) in [4.78, 5) is 8.24. The van der Waals surface area contributed by atoms with E-state index in [1.54, 1.807) is 13.3 Å². The molecule has 1 aromatic rings. The summed E-state index contributed by atoms with van der Waals surface area (Å²) >= 11 is 6.09. The van der Waals surface area contributed by atoms with E-state index >= 15 is 0 Å². The van der Waals surface area contributed by atoms with Gasteiger partial charge in [-0.25, -0.2) is 4.98 Å². The molecule has 2 saturated carbocycles. The number of anilines is 1. The number of hydrogen-bond donors (Lipinski definition) is 1. The summed E-state index contributed by atoms with van der Waals surface area (Å²) in [6, 6.07) is 0.880. The summed E-state index contributed by atoms with van der Waals surface area (Å²) in [5.41, 5.74) is 0. The van der Waals surface area contributed by atoms with Gasteiger partial charge in [-0.2, -0.15) is 4.98 Å². The van der Waals surface area contributed by atoms with Crippen LogP contribution in [0.3, 0.4) is 0 Å². The average Bonchev–Trinajstić information content (AvgIpc) is 2.94. The van der Waals surface area contributed by atoms with E-state index in [1.165, 1.54) is 25.7 Å². The molecule has 0 saturated heterocycles. The van der Waals surface area contributed by atoms with Gasteiger partial charge in [0.25, 0.3) is 0 Å². The first kappa shape index (κ1) is 11.1. The predicted molar refractivity (Wildman–Crippen MR) is 66.5 cm³/mol. The third-order valence-corrected chi connectivity index (χ3v) is 4.24. The monoisotopic (exact) mass is 253 g/mol. The molecule has 5 heteroatoms. The maximum atomic E-state index is 6.09. The molecule has 2 bridgehead atoms. The summed E-state index contributed by atoms with van der Waals surface area (Å²) in [5, 5.41) is 4.02. The van der Waals surface area contributed by atoms with Crippen LogP contribution in [0, 0.1) is 11.8 Å². The first-order chi connectivity index (χ1) is 8.26. The SMILES string of the molecule is COc1ncc(Cl)c(NC2CC3CCC2C3)n1. The van der Waals surface area contributed by atoms with Crippen molar-refractivity contribution < 1.29 is 4.74 Å². The summed E-state index contributed by atoms with van der Waals surface area (Å²) in [7, 11) is 1.56. The van der Waals surface area contributed by atoms with Gasteiger partial charge in [-0.05, 0) is 31.1 Å². The first-order valence-corrected chi connectivity index (χ1v) is 6.47. The largest absolute Gasteiger partial charge is 0.467 e. The Morgan fingerprint density at radius 1 is 1.41 bits per heavy atom. The number of aromatic nitrogens is 2. The normalized spacial score (nSPS) is 30.6. The Bertz CT molecular complexity index is 426. The van der Waals surface area contributed by atoms with Gasteiger partial charge in [0.05, 0.1) is 13.3 Å². The molecule has 17 heavy (non-hydrogen) atoms. The summed E-state index contributed by atoms with van der Waals surface area (Å²) in [5.74, 6) is 2.40. The van der Waals surface area contributed by atoms with E-state index < -0.39 is 0 Å². The lowest BCUT2D eigenvalue weighted by molar-refractivity contribution is 0.379. The number of ether oxygens (including phenoxy) is 1. The van der Waals surface area contributed by atoms with Crippen LogP contribution in [0.15, 0.2) is 6.20 Å². The van der Waals surface area contributed by atoms with Gasteiger partial charge in [0.2, 0.25) is 0 Å². The fraction of sp³-hybridized carbons (Fsp3) is 0.667. The van der Waals surface area contributed by atoms with Crippen LogP contribution >= 0.6 is 11.6 Å². The Labute approximate surface area is 106 Å². The highest BCUT2D eigenvalue weighted by Gasteiger charge is 2.39. The molecule has 1 heterocycles. The molecule has 3 rings (SSSR count). The molecule has 2 aliphatic rings. The Balaban J connectivity index is 1.76. The Morgan fingerprint density at radius 3 is 2.94 bits per heavy atom. The molecule has 3 unspecified atom stereocenters. The number of nitrogens with zero attached hydrogens (tertiary/aromatic N) is 2. The fourth-order valence-corrected chi connectivity index (χ4v) is 3.29. The predicted octanol–water partition coefficient (Wildman–Crippen LogP) is 2.74. The second kappa shape index (κ2) is 4.33. The lowest BCUT2D eigenvalue weighted by Gasteiger charge is -2.23. The van der Waals surface area contributed by atoms with Gasteiger partial charge < -0.3 is 10.1 Å². The molecule has 0 amide bonds. The molecule has 2 aliphatic carbocycles. The molecular weight excluding hydrogens is 238 g/mol. The maximum absolute atomic E-state index is 6.09. The van der Waals surface area contributed by atoms with E-state index in [9.17, 15) is 0 Å². The Morgan fingerprint density at radius 2 is 2.29 bits per heavy atom. The summed E-state index contributed by atoms with van der Waals surface area (Å²) in [6.07, 6.45) is 6.92. The smallest absolute Gasteiger partial charge is 0.318 e. The minimum atomic E-state index is 0.361. The standard InChI is InChI=1S/C12H16ClN3O/c1-17-12-14-6-9(13)11(16-12)15-10-5-7-2-3-8(10)4-7/h6-8,10H,2-5H2,1H3,(H,14,15,16). The van der Waals surface area contributed by atoms with Crippen LogP contribution in [0.5, 0.6) is 6.01 Å². The van der Waals surface area contributed by atoms with Crippen LogP contribution in [0.1, 0.15) is 25.7 Å². The lowest BCUT2D eigenvalue weighted by Crippen LogP contribution is -2.26. The highest BCUT2D eigenvalue weighted by molar-refractivity contribution is 6.32. The molecule has 92 valence electrons. The average molecular weight is 254 g/mol. The molecule has 0 radical (unpaired) electrons. The summed E-state index contributed by atoms with van der Waals surface area (Å²) in [6.45, 7) is 0. The molecule has 1 aromatic heterocycles. The van der Waals surface area contributed by atoms with Crippen LogP contribution < -0.4 is 10.1 Å². The van der Waals surface area contributed by atoms with Crippen molar-refractivity contribution >= 4 is 17.4 Å². The van der Waals surface area contributed by atoms with Crippen molar-refractivity contribution in [3.05, 3.63) is 11.2 Å². The minimum Gasteiger partial charge on any atom is -0.467 e. The zero-order chi connectivity index (χ0) is 11.8. The second-order valence-electron chi connectivity index (χ2n) is 4.98. The highest BCUT2D eigenvalue weighted by Crippen LogP contribution is 2.45. The van der Waals surface area contributed by atoms with Crippen LogP contribution in [-0.4, -0.2) is 23.1 Å². The third-order valence-electron chi connectivity index (χ3n) is 3.96. The Kier molecular flexibility index (Phi) is 2.82. The van der Waals surface area contributed by atoms with E-state index in [0.29, 0.717) is 22.9 Å². The van der Waals surface area contributed by atoms with Crippen molar-refractivity contribution in [1.29, 1.82) is 0 Å². The van der Waals surface area contributed by atoms with E-state index in [0.717, 1.165) is 11.8 Å². The van der Waals surface area contributed by atoms with Gasteiger partial charge in [0, 0.05) is 6.04 Å². The van der Waals surface area contributed by atoms with Crippen molar-refractivity contribution in [3.63, 3.8) is 0 Å². The van der Waals surface area contributed by atoms with E-state index in [-0.39, 0.29) is 0 Å². The maximum Gasteiger partial charge on any atom is 0.318 e. The minimum absolute atomic E-state index is 0.361. The number of methoxy groups -OCH3 is 1. The molecule has 2 fully saturated rings. The van der Waals surface area contributed by atoms with Gasteiger partial charge >= 0.3 is 6.01 Å². The van der Waals surface area contributed by atoms with Crippen molar-refractivity contribution in [2.75, 3.05) is 12.4 Å². The van der Waals surface area contributed by atoms with E-state index in [2.05, 4.69) is 15.3 Å². The number of nitrogens with one attached hydrogen (secondary N) is 1. The number of rotatable bonds is 3. The van der Waals surface area contributed by atoms with Crippen molar-refractivity contribution in [2.45, 2.75) is 31.7 Å². The number of halogens is 1. The lowest BCUT2D eigenvalue weighted by atomic mass is 9.95. The number of fused-ring (bicyclic) bond motifs is 2. The molecule has 0 aromatic carbocycles. The van der Waals surface area contributed by atoms with Gasteiger partial charge in [-0.1, -0.05) is 18.0 Å². The van der Waals surface area contributed by atoms with Crippen LogP contribution in [-0.2, 0) is 0 Å². The topological polar surface area (TPSA) is 47.0 Å². The molecule has 1 N–H and O–H groups in total. The van der Waals surface area contributed by atoms with Gasteiger partial charge in [-0.15, -0.1) is 0 Å². The highest BCUT2D eigenvalue weighted by atomic mass is 35.5. The van der Waals surface area contributed by atoms with Crippen LogP contribution in [0.2, 0.25) is 5.02 Å². The van der Waals surface area contributed by atoms with Crippen molar-refractivity contribution in [2.24, 2.45) is 11.8 Å². The van der Waals surface area contributed by atoms with Gasteiger partial charge in [-0.3, -0.25) is 0 Å². The third kappa shape index (κ3) is 2.06. The molecule has 3 atom stereocenters. The zero-order valence-corrected chi connectivity index (χ0v) is 10.6. The van der Waals surface area contributed by atoms with E-state index in [1.807, 2.05) is 0 Å². The molecule has 0 aliphatic heterocycles. The first-order valence-electron chi connectivity index (χ1n) is 6.09. The molecule has 4 nitrogen and oxygen atoms in total. The number of hydrogen-bond acceptors (Lipinski definition) is 4. The van der Waals surface area contributed by atoms with E-state index in [4.69, 9.17) is 16.3 Å². The summed E-state index contributed by atoms with van der Waals surface area (Å²) < 4.78 is 5.02. The molecule has 0 spiro atoms. The molecular formula is C12H16ClN3O. The quantitative estimate of drug-likeness (QED) is 0.900. The Hall–Kier alpha value is -1.03. The van der Waals surface area contributed by atoms with Crippen molar-refractivity contribution in [1.82, 2.24) is 9.97 Å². The van der Waals surface area contributed by atoms with Gasteiger partial charge in [0.1, 0.15) is 5.02 Å². The van der Waals surface area contributed by atoms with Crippen LogP contribution in [0.25, 0.3) is 0 Å². The van der Waals surface area contributed by atoms with Crippen molar-refractivity contribution in [3.8, 4) is 6.01 Å². The van der Waals surface area contributed by atoms with Crippen LogP contribution in [0.4, 0.5) is 5.82 Å².